The predicted octanol–water partition coefficient (Wildman–Crippen LogP) is 0.151. The number of amides is 2. The van der Waals surface area contributed by atoms with Crippen LogP contribution in [0.2, 0.25) is 0 Å². The summed E-state index contributed by atoms with van der Waals surface area (Å²) in [5.41, 5.74) is 0.331. The Morgan fingerprint density at radius 3 is 2.23 bits per heavy atom. The van der Waals surface area contributed by atoms with E-state index in [-0.39, 0.29) is 33.0 Å². The van der Waals surface area contributed by atoms with Gasteiger partial charge in [0.05, 0.1) is 19.8 Å². The van der Waals surface area contributed by atoms with Gasteiger partial charge in [0.2, 0.25) is 0 Å². The Bertz CT molecular complexity index is 408. The molecule has 0 saturated carbocycles. The molecular weight excluding hydrogens is 292 g/mol. The Hall–Kier alpha value is -2.35. The van der Waals surface area contributed by atoms with E-state index in [1.54, 1.807) is 6.92 Å². The number of rotatable bonds is 11. The Kier molecular flexibility index (Phi) is 11.1. The van der Waals surface area contributed by atoms with Gasteiger partial charge in [0.15, 0.2) is 0 Å². The van der Waals surface area contributed by atoms with E-state index in [4.69, 9.17) is 9.47 Å². The average molecular weight is 314 g/mol. The molecule has 2 amide bonds. The number of urea groups is 1. The minimum atomic E-state index is -0.539. The lowest BCUT2D eigenvalue weighted by molar-refractivity contribution is -0.140. The van der Waals surface area contributed by atoms with Crippen LogP contribution < -0.4 is 10.6 Å². The summed E-state index contributed by atoms with van der Waals surface area (Å²) in [5.74, 6) is -0.999. The molecule has 0 atom stereocenters. The van der Waals surface area contributed by atoms with Crippen molar-refractivity contribution >= 4 is 18.0 Å². The maximum absolute atomic E-state index is 11.3. The third-order valence-electron chi connectivity index (χ3n) is 2.14. The highest BCUT2D eigenvalue weighted by Gasteiger charge is 2.02. The van der Waals surface area contributed by atoms with E-state index in [9.17, 15) is 14.4 Å². The fourth-order valence-corrected chi connectivity index (χ4v) is 1.09. The number of hydrogen-bond acceptors (Lipinski definition) is 6. The van der Waals surface area contributed by atoms with Crippen molar-refractivity contribution in [1.82, 2.24) is 10.6 Å². The molecule has 0 bridgehead atoms. The van der Waals surface area contributed by atoms with Crippen LogP contribution in [-0.2, 0) is 23.8 Å². The van der Waals surface area contributed by atoms with Gasteiger partial charge in [-0.1, -0.05) is 13.2 Å². The minimum Gasteiger partial charge on any atom is -0.461 e. The van der Waals surface area contributed by atoms with Gasteiger partial charge in [-0.05, 0) is 6.92 Å². The number of hydrogen-bond donors (Lipinski definition) is 2. The standard InChI is InChI=1S/C14H22N2O6/c1-4-12(17)21-8-6-16-14(19)15-5-7-20-9-10-22-13(18)11(2)3/h4H,1-2,5-10H2,3H3,(H2,15,16,19). The fourth-order valence-electron chi connectivity index (χ4n) is 1.09. The molecule has 0 radical (unpaired) electrons. The number of nitrogens with one attached hydrogen (secondary N) is 2. The molecule has 0 aromatic carbocycles. The number of carbonyl (C=O) groups is 3. The summed E-state index contributed by atoms with van der Waals surface area (Å²) in [4.78, 5) is 33.0. The van der Waals surface area contributed by atoms with Gasteiger partial charge in [0.1, 0.15) is 13.2 Å². The van der Waals surface area contributed by atoms with E-state index < -0.39 is 18.0 Å². The Balaban J connectivity index is 3.38. The zero-order valence-corrected chi connectivity index (χ0v) is 12.7. The molecule has 0 spiro atoms. The molecule has 124 valence electrons. The van der Waals surface area contributed by atoms with Crippen molar-refractivity contribution in [2.45, 2.75) is 6.92 Å². The van der Waals surface area contributed by atoms with Crippen molar-refractivity contribution in [2.75, 3.05) is 39.5 Å². The molecule has 2 N–H and O–H groups in total. The molecule has 0 saturated heterocycles. The number of carbonyl (C=O) groups excluding carboxylic acids is 3. The maximum Gasteiger partial charge on any atom is 0.333 e. The molecule has 0 heterocycles. The average Bonchev–Trinajstić information content (AvgIpc) is 2.49. The maximum atomic E-state index is 11.3. The van der Waals surface area contributed by atoms with Gasteiger partial charge in [-0.25, -0.2) is 14.4 Å². The van der Waals surface area contributed by atoms with Crippen molar-refractivity contribution < 1.29 is 28.6 Å². The highest BCUT2D eigenvalue weighted by atomic mass is 16.6. The van der Waals surface area contributed by atoms with Gasteiger partial charge in [-0.3, -0.25) is 0 Å². The molecule has 22 heavy (non-hydrogen) atoms. The summed E-state index contributed by atoms with van der Waals surface area (Å²) in [6, 6.07) is -0.396. The topological polar surface area (TPSA) is 103 Å². The molecular formula is C14H22N2O6. The van der Waals surface area contributed by atoms with Gasteiger partial charge in [-0.2, -0.15) is 0 Å². The second kappa shape index (κ2) is 12.4. The summed E-state index contributed by atoms with van der Waals surface area (Å²) in [6.45, 7) is 9.47. The molecule has 0 aromatic heterocycles. The first-order valence-corrected chi connectivity index (χ1v) is 6.68. The molecule has 0 aromatic rings. The number of ether oxygens (including phenoxy) is 3. The minimum absolute atomic E-state index is 0.0723. The van der Waals surface area contributed by atoms with Crippen molar-refractivity contribution in [3.8, 4) is 0 Å². The molecule has 8 nitrogen and oxygen atoms in total. The molecule has 0 aliphatic rings. The largest absolute Gasteiger partial charge is 0.461 e. The first-order chi connectivity index (χ1) is 10.5. The van der Waals surface area contributed by atoms with E-state index in [2.05, 4.69) is 28.5 Å². The van der Waals surface area contributed by atoms with Crippen molar-refractivity contribution in [1.29, 1.82) is 0 Å². The zero-order valence-electron chi connectivity index (χ0n) is 12.7. The second-order valence-electron chi connectivity index (χ2n) is 4.08. The smallest absolute Gasteiger partial charge is 0.333 e. The third-order valence-corrected chi connectivity index (χ3v) is 2.14. The second-order valence-corrected chi connectivity index (χ2v) is 4.08. The third kappa shape index (κ3) is 11.5. The van der Waals surface area contributed by atoms with E-state index >= 15 is 0 Å². The van der Waals surface area contributed by atoms with Crippen molar-refractivity contribution in [3.63, 3.8) is 0 Å². The summed E-state index contributed by atoms with van der Waals surface area (Å²) < 4.78 is 14.6. The zero-order chi connectivity index (χ0) is 16.8. The van der Waals surface area contributed by atoms with Gasteiger partial charge in [0.25, 0.3) is 0 Å². The molecule has 0 rings (SSSR count). The van der Waals surface area contributed by atoms with Crippen LogP contribution in [0.1, 0.15) is 6.92 Å². The predicted molar refractivity (Wildman–Crippen MR) is 79.1 cm³/mol. The van der Waals surface area contributed by atoms with Gasteiger partial charge in [0, 0.05) is 18.2 Å². The van der Waals surface area contributed by atoms with Gasteiger partial charge < -0.3 is 24.8 Å². The molecule has 0 aliphatic heterocycles. The molecule has 8 heteroatoms. The van der Waals surface area contributed by atoms with Crippen LogP contribution in [-0.4, -0.2) is 57.5 Å². The highest BCUT2D eigenvalue weighted by Crippen LogP contribution is 1.91. The van der Waals surface area contributed by atoms with Crippen LogP contribution in [0.15, 0.2) is 24.8 Å². The summed E-state index contributed by atoms with van der Waals surface area (Å²) >= 11 is 0. The summed E-state index contributed by atoms with van der Waals surface area (Å²) in [5, 5.41) is 5.04. The Morgan fingerprint density at radius 1 is 1.00 bits per heavy atom. The molecule has 0 unspecified atom stereocenters. The number of esters is 2. The van der Waals surface area contributed by atoms with Crippen LogP contribution in [0, 0.1) is 0 Å². The fraction of sp³-hybridized carbons (Fsp3) is 0.500. The van der Waals surface area contributed by atoms with Crippen LogP contribution in [0.5, 0.6) is 0 Å². The van der Waals surface area contributed by atoms with Crippen molar-refractivity contribution in [2.24, 2.45) is 0 Å². The SMILES string of the molecule is C=CC(=O)OCCNC(=O)NCCOCCOC(=O)C(=C)C. The molecule has 0 aliphatic carbocycles. The van der Waals surface area contributed by atoms with Crippen LogP contribution in [0.3, 0.4) is 0 Å². The van der Waals surface area contributed by atoms with Gasteiger partial charge >= 0.3 is 18.0 Å². The van der Waals surface area contributed by atoms with Gasteiger partial charge in [-0.15, -0.1) is 0 Å². The van der Waals surface area contributed by atoms with E-state index in [0.29, 0.717) is 12.1 Å². The van der Waals surface area contributed by atoms with E-state index in [1.165, 1.54) is 0 Å². The lowest BCUT2D eigenvalue weighted by atomic mass is 10.4. The summed E-state index contributed by atoms with van der Waals surface area (Å²) in [7, 11) is 0. The Morgan fingerprint density at radius 2 is 1.64 bits per heavy atom. The van der Waals surface area contributed by atoms with E-state index in [0.717, 1.165) is 6.08 Å². The monoisotopic (exact) mass is 314 g/mol. The van der Waals surface area contributed by atoms with Crippen LogP contribution >= 0.6 is 0 Å². The molecule has 0 fully saturated rings. The highest BCUT2D eigenvalue weighted by molar-refractivity contribution is 5.86. The Labute approximate surface area is 129 Å². The first-order valence-electron chi connectivity index (χ1n) is 6.68. The quantitative estimate of drug-likeness (QED) is 0.320. The lowest BCUT2D eigenvalue weighted by Crippen LogP contribution is -2.39. The van der Waals surface area contributed by atoms with E-state index in [1.807, 2.05) is 0 Å². The normalized spacial score (nSPS) is 9.50. The summed E-state index contributed by atoms with van der Waals surface area (Å²) in [6.07, 6.45) is 1.05. The van der Waals surface area contributed by atoms with Crippen LogP contribution in [0.25, 0.3) is 0 Å². The lowest BCUT2D eigenvalue weighted by Gasteiger charge is -2.08. The first kappa shape index (κ1) is 19.7. The van der Waals surface area contributed by atoms with Crippen LogP contribution in [0.4, 0.5) is 4.79 Å². The van der Waals surface area contributed by atoms with Crippen molar-refractivity contribution in [3.05, 3.63) is 24.8 Å².